The average Bonchev–Trinajstić information content (AvgIpc) is 2.61. The lowest BCUT2D eigenvalue weighted by atomic mass is 9.98. The molecule has 0 aliphatic carbocycles. The maximum Gasteiger partial charge on any atom is 0.328 e. The van der Waals surface area contributed by atoms with Crippen molar-refractivity contribution < 1.29 is 19.1 Å². The monoisotopic (exact) mass is 361 g/mol. The van der Waals surface area contributed by atoms with Gasteiger partial charge in [0.05, 0.1) is 13.7 Å². The van der Waals surface area contributed by atoms with Crippen molar-refractivity contribution >= 4 is 11.9 Å². The molecule has 0 aliphatic heterocycles. The van der Waals surface area contributed by atoms with E-state index in [9.17, 15) is 9.59 Å². The molecule has 5 nitrogen and oxygen atoms in total. The van der Waals surface area contributed by atoms with Gasteiger partial charge in [-0.15, -0.1) is 6.58 Å². The first-order chi connectivity index (χ1) is 12.4. The van der Waals surface area contributed by atoms with Gasteiger partial charge in [0.2, 0.25) is 5.91 Å². The minimum Gasteiger partial charge on any atom is -0.493 e. The van der Waals surface area contributed by atoms with Crippen LogP contribution >= 0.6 is 0 Å². The van der Waals surface area contributed by atoms with Crippen molar-refractivity contribution in [3.63, 3.8) is 0 Å². The Kier molecular flexibility index (Phi) is 9.48. The van der Waals surface area contributed by atoms with E-state index in [0.717, 1.165) is 17.7 Å². The third-order valence-corrected chi connectivity index (χ3v) is 4.01. The molecule has 0 bridgehead atoms. The SMILES string of the molecule is C=CCCOc1ccc(C[C@H](C)C(=O)N[C@@H](CC(C)C)C(=O)OC)cc1. The first kappa shape index (κ1) is 21.7. The fraction of sp³-hybridized carbons (Fsp3) is 0.524. The topological polar surface area (TPSA) is 64.6 Å². The largest absolute Gasteiger partial charge is 0.493 e. The Morgan fingerprint density at radius 3 is 2.38 bits per heavy atom. The summed E-state index contributed by atoms with van der Waals surface area (Å²) in [5.41, 5.74) is 1.04. The summed E-state index contributed by atoms with van der Waals surface area (Å²) in [6.07, 6.45) is 3.77. The summed E-state index contributed by atoms with van der Waals surface area (Å²) in [6.45, 7) is 10.1. The van der Waals surface area contributed by atoms with Crippen LogP contribution in [0, 0.1) is 11.8 Å². The van der Waals surface area contributed by atoms with Crippen molar-refractivity contribution in [2.24, 2.45) is 11.8 Å². The number of amides is 1. The molecule has 0 heterocycles. The maximum atomic E-state index is 12.4. The summed E-state index contributed by atoms with van der Waals surface area (Å²) in [6, 6.07) is 7.12. The Morgan fingerprint density at radius 2 is 1.85 bits per heavy atom. The fourth-order valence-corrected chi connectivity index (χ4v) is 2.57. The van der Waals surface area contributed by atoms with Crippen LogP contribution < -0.4 is 10.1 Å². The van der Waals surface area contributed by atoms with Crippen LogP contribution in [-0.4, -0.2) is 31.6 Å². The summed E-state index contributed by atoms with van der Waals surface area (Å²) in [5.74, 6) is 0.285. The number of carbonyl (C=O) groups excluding carboxylic acids is 2. The first-order valence-electron chi connectivity index (χ1n) is 9.08. The Labute approximate surface area is 156 Å². The number of methoxy groups -OCH3 is 1. The van der Waals surface area contributed by atoms with Crippen molar-refractivity contribution in [2.45, 2.75) is 46.1 Å². The van der Waals surface area contributed by atoms with E-state index in [1.165, 1.54) is 7.11 Å². The Balaban J connectivity index is 2.59. The standard InChI is InChI=1S/C21H31NO4/c1-6-7-12-26-18-10-8-17(9-11-18)14-16(4)20(23)22-19(13-15(2)3)21(24)25-5/h6,8-11,15-16,19H,1,7,12-14H2,2-5H3,(H,22,23)/t16-,19-/m0/s1. The highest BCUT2D eigenvalue weighted by Crippen LogP contribution is 2.16. The lowest BCUT2D eigenvalue weighted by Crippen LogP contribution is -2.44. The van der Waals surface area contributed by atoms with E-state index in [0.29, 0.717) is 19.4 Å². The van der Waals surface area contributed by atoms with Gasteiger partial charge in [0, 0.05) is 5.92 Å². The Bertz CT molecular complexity index is 580. The number of carbonyl (C=O) groups is 2. The normalized spacial score (nSPS) is 13.0. The highest BCUT2D eigenvalue weighted by molar-refractivity contribution is 5.85. The summed E-state index contributed by atoms with van der Waals surface area (Å²) in [7, 11) is 1.34. The van der Waals surface area contributed by atoms with Crippen molar-refractivity contribution in [1.29, 1.82) is 0 Å². The first-order valence-corrected chi connectivity index (χ1v) is 9.08. The number of ether oxygens (including phenoxy) is 2. The van der Waals surface area contributed by atoms with Crippen LogP contribution in [0.15, 0.2) is 36.9 Å². The molecule has 5 heteroatoms. The van der Waals surface area contributed by atoms with Gasteiger partial charge in [-0.25, -0.2) is 4.79 Å². The van der Waals surface area contributed by atoms with Crippen LogP contribution in [-0.2, 0) is 20.7 Å². The molecule has 2 atom stereocenters. The third kappa shape index (κ3) is 7.72. The van der Waals surface area contributed by atoms with Crippen molar-refractivity contribution in [1.82, 2.24) is 5.32 Å². The predicted molar refractivity (Wildman–Crippen MR) is 103 cm³/mol. The van der Waals surface area contributed by atoms with Crippen molar-refractivity contribution in [3.05, 3.63) is 42.5 Å². The summed E-state index contributed by atoms with van der Waals surface area (Å²) in [5, 5.41) is 2.82. The van der Waals surface area contributed by atoms with Gasteiger partial charge >= 0.3 is 5.97 Å². The highest BCUT2D eigenvalue weighted by Gasteiger charge is 2.25. The molecule has 0 spiro atoms. The van der Waals surface area contributed by atoms with Crippen LogP contribution in [0.1, 0.15) is 39.2 Å². The Hall–Kier alpha value is -2.30. The molecule has 0 fully saturated rings. The lowest BCUT2D eigenvalue weighted by Gasteiger charge is -2.20. The van der Waals surface area contributed by atoms with Gasteiger partial charge in [-0.05, 0) is 42.9 Å². The molecule has 0 unspecified atom stereocenters. The molecule has 0 aromatic heterocycles. The second kappa shape index (κ2) is 11.3. The smallest absolute Gasteiger partial charge is 0.328 e. The van der Waals surface area contributed by atoms with Gasteiger partial charge < -0.3 is 14.8 Å². The average molecular weight is 361 g/mol. The van der Waals surface area contributed by atoms with Crippen LogP contribution in [0.3, 0.4) is 0 Å². The number of hydrogen-bond acceptors (Lipinski definition) is 4. The van der Waals surface area contributed by atoms with Gasteiger partial charge in [-0.2, -0.15) is 0 Å². The zero-order valence-electron chi connectivity index (χ0n) is 16.3. The number of rotatable bonds is 11. The molecule has 1 rings (SSSR count). The van der Waals surface area contributed by atoms with E-state index in [-0.39, 0.29) is 17.7 Å². The number of nitrogens with one attached hydrogen (secondary N) is 1. The maximum absolute atomic E-state index is 12.4. The number of esters is 1. The van der Waals surface area contributed by atoms with E-state index < -0.39 is 12.0 Å². The quantitative estimate of drug-likeness (QED) is 0.372. The zero-order chi connectivity index (χ0) is 19.5. The van der Waals surface area contributed by atoms with Crippen LogP contribution in [0.2, 0.25) is 0 Å². The Morgan fingerprint density at radius 1 is 1.19 bits per heavy atom. The fourth-order valence-electron chi connectivity index (χ4n) is 2.57. The second-order valence-corrected chi connectivity index (χ2v) is 6.89. The molecule has 0 saturated carbocycles. The van der Waals surface area contributed by atoms with Gasteiger partial charge in [-0.3, -0.25) is 4.79 Å². The molecule has 1 aromatic rings. The molecule has 1 N–H and O–H groups in total. The lowest BCUT2D eigenvalue weighted by molar-refractivity contribution is -0.146. The highest BCUT2D eigenvalue weighted by atomic mass is 16.5. The van der Waals surface area contributed by atoms with E-state index in [1.54, 1.807) is 0 Å². The predicted octanol–water partition coefficient (Wildman–Crippen LogP) is 3.52. The van der Waals surface area contributed by atoms with E-state index in [1.807, 2.05) is 51.1 Å². The molecule has 26 heavy (non-hydrogen) atoms. The molecule has 1 aromatic carbocycles. The van der Waals surface area contributed by atoms with E-state index in [2.05, 4.69) is 11.9 Å². The minimum atomic E-state index is -0.601. The molecule has 1 amide bonds. The van der Waals surface area contributed by atoms with Crippen LogP contribution in [0.5, 0.6) is 5.75 Å². The van der Waals surface area contributed by atoms with Gasteiger partial charge in [0.15, 0.2) is 0 Å². The summed E-state index contributed by atoms with van der Waals surface area (Å²) < 4.78 is 10.4. The van der Waals surface area contributed by atoms with Crippen molar-refractivity contribution in [2.75, 3.05) is 13.7 Å². The summed E-state index contributed by atoms with van der Waals surface area (Å²) >= 11 is 0. The number of hydrogen-bond donors (Lipinski definition) is 1. The van der Waals surface area contributed by atoms with Crippen LogP contribution in [0.25, 0.3) is 0 Å². The van der Waals surface area contributed by atoms with Gasteiger partial charge in [-0.1, -0.05) is 39.0 Å². The minimum absolute atomic E-state index is 0.146. The van der Waals surface area contributed by atoms with E-state index in [4.69, 9.17) is 9.47 Å². The number of benzene rings is 1. The molecular weight excluding hydrogens is 330 g/mol. The van der Waals surface area contributed by atoms with Crippen molar-refractivity contribution in [3.8, 4) is 5.75 Å². The molecule has 144 valence electrons. The van der Waals surface area contributed by atoms with Crippen LogP contribution in [0.4, 0.5) is 0 Å². The molecular formula is C21H31NO4. The van der Waals surface area contributed by atoms with E-state index >= 15 is 0 Å². The molecule has 0 radical (unpaired) electrons. The third-order valence-electron chi connectivity index (χ3n) is 4.01. The van der Waals surface area contributed by atoms with Gasteiger partial charge in [0.1, 0.15) is 11.8 Å². The second-order valence-electron chi connectivity index (χ2n) is 6.89. The molecule has 0 aliphatic rings. The van der Waals surface area contributed by atoms with Gasteiger partial charge in [0.25, 0.3) is 0 Å². The zero-order valence-corrected chi connectivity index (χ0v) is 16.3. The summed E-state index contributed by atoms with van der Waals surface area (Å²) in [4.78, 5) is 24.3. The molecule has 0 saturated heterocycles.